The molecule has 21 heavy (non-hydrogen) atoms. The number of nitrogens with zero attached hydrogens (tertiary/aromatic N) is 1. The fourth-order valence-corrected chi connectivity index (χ4v) is 1.63. The Morgan fingerprint density at radius 1 is 0.571 bits per heavy atom. The van der Waals surface area contributed by atoms with Crippen molar-refractivity contribution in [3.05, 3.63) is 96.6 Å². The first-order chi connectivity index (χ1) is 10.4. The molecule has 2 nitrogen and oxygen atoms in total. The second-order valence-electron chi connectivity index (χ2n) is 4.21. The minimum absolute atomic E-state index is 0.715. The number of rotatable bonds is 2. The van der Waals surface area contributed by atoms with Gasteiger partial charge in [0.05, 0.1) is 11.6 Å². The second-order valence-corrected chi connectivity index (χ2v) is 4.21. The van der Waals surface area contributed by atoms with Crippen molar-refractivity contribution < 1.29 is 4.74 Å². The third-order valence-electron chi connectivity index (χ3n) is 2.63. The molecule has 0 N–H and O–H groups in total. The van der Waals surface area contributed by atoms with E-state index in [0.29, 0.717) is 5.56 Å². The van der Waals surface area contributed by atoms with Crippen LogP contribution < -0.4 is 4.74 Å². The van der Waals surface area contributed by atoms with E-state index in [4.69, 9.17) is 10.00 Å². The molecule has 102 valence electrons. The molecule has 0 fully saturated rings. The lowest BCUT2D eigenvalue weighted by molar-refractivity contribution is 0.482. The van der Waals surface area contributed by atoms with Crippen LogP contribution in [0.15, 0.2) is 91.0 Å². The van der Waals surface area contributed by atoms with Gasteiger partial charge in [-0.1, -0.05) is 54.6 Å². The molecule has 0 atom stereocenters. The highest BCUT2D eigenvalue weighted by Crippen LogP contribution is 2.19. The van der Waals surface area contributed by atoms with Gasteiger partial charge >= 0.3 is 0 Å². The van der Waals surface area contributed by atoms with Crippen molar-refractivity contribution in [3.8, 4) is 17.6 Å². The molecule has 0 saturated carbocycles. The zero-order chi connectivity index (χ0) is 14.8. The highest BCUT2D eigenvalue weighted by molar-refractivity contribution is 5.30. The van der Waals surface area contributed by atoms with Crippen LogP contribution in [0, 0.1) is 11.3 Å². The highest BCUT2D eigenvalue weighted by Gasteiger charge is 1.92. The first-order valence-electron chi connectivity index (χ1n) is 6.61. The van der Waals surface area contributed by atoms with Crippen LogP contribution in [0.2, 0.25) is 0 Å². The Morgan fingerprint density at radius 2 is 0.952 bits per heavy atom. The Labute approximate surface area is 124 Å². The van der Waals surface area contributed by atoms with E-state index < -0.39 is 0 Å². The molecule has 0 bridgehead atoms. The molecule has 0 aromatic heterocycles. The van der Waals surface area contributed by atoms with Gasteiger partial charge in [-0.25, -0.2) is 0 Å². The number of nitriles is 1. The number of hydrogen-bond acceptors (Lipinski definition) is 2. The maximum absolute atomic E-state index is 8.29. The van der Waals surface area contributed by atoms with E-state index in [9.17, 15) is 0 Å². The Balaban J connectivity index is 0.000000173. The topological polar surface area (TPSA) is 33.0 Å². The van der Waals surface area contributed by atoms with E-state index in [0.717, 1.165) is 11.5 Å². The van der Waals surface area contributed by atoms with Gasteiger partial charge in [0.1, 0.15) is 11.5 Å². The van der Waals surface area contributed by atoms with Gasteiger partial charge in [0, 0.05) is 0 Å². The minimum atomic E-state index is 0.715. The van der Waals surface area contributed by atoms with Gasteiger partial charge in [-0.05, 0) is 36.4 Å². The van der Waals surface area contributed by atoms with E-state index in [1.54, 1.807) is 12.1 Å². The molecule has 3 aromatic rings. The van der Waals surface area contributed by atoms with Crippen molar-refractivity contribution in [2.45, 2.75) is 0 Å². The van der Waals surface area contributed by atoms with Crippen molar-refractivity contribution in [3.63, 3.8) is 0 Å². The Morgan fingerprint density at radius 3 is 1.29 bits per heavy atom. The molecular weight excluding hydrogens is 258 g/mol. The van der Waals surface area contributed by atoms with Gasteiger partial charge in [-0.15, -0.1) is 0 Å². The zero-order valence-corrected chi connectivity index (χ0v) is 11.5. The average Bonchev–Trinajstić information content (AvgIpc) is 2.58. The quantitative estimate of drug-likeness (QED) is 0.655. The monoisotopic (exact) mass is 273 g/mol. The third-order valence-corrected chi connectivity index (χ3v) is 2.63. The first kappa shape index (κ1) is 14.4. The summed E-state index contributed by atoms with van der Waals surface area (Å²) in [6.07, 6.45) is 0. The predicted octanol–water partition coefficient (Wildman–Crippen LogP) is 5.04. The van der Waals surface area contributed by atoms with Crippen molar-refractivity contribution in [1.29, 1.82) is 5.26 Å². The minimum Gasteiger partial charge on any atom is -0.457 e. The number of benzene rings is 3. The molecule has 0 aliphatic carbocycles. The molecule has 0 aliphatic heterocycles. The van der Waals surface area contributed by atoms with E-state index in [-0.39, 0.29) is 0 Å². The molecule has 3 rings (SSSR count). The van der Waals surface area contributed by atoms with Crippen LogP contribution in [0.4, 0.5) is 0 Å². The molecule has 0 aliphatic rings. The zero-order valence-electron chi connectivity index (χ0n) is 11.5. The van der Waals surface area contributed by atoms with Crippen LogP contribution in [-0.4, -0.2) is 0 Å². The number of hydrogen-bond donors (Lipinski definition) is 0. The van der Waals surface area contributed by atoms with E-state index in [1.807, 2.05) is 84.9 Å². The van der Waals surface area contributed by atoms with E-state index in [2.05, 4.69) is 0 Å². The lowest BCUT2D eigenvalue weighted by Gasteiger charge is -2.03. The second kappa shape index (κ2) is 8.19. The van der Waals surface area contributed by atoms with E-state index >= 15 is 0 Å². The van der Waals surface area contributed by atoms with Gasteiger partial charge in [0.2, 0.25) is 0 Å². The van der Waals surface area contributed by atoms with Crippen LogP contribution in [0.5, 0.6) is 11.5 Å². The fourth-order valence-electron chi connectivity index (χ4n) is 1.63. The SMILES string of the molecule is N#Cc1ccccc1.c1ccc(Oc2ccccc2)cc1. The molecule has 0 heterocycles. The van der Waals surface area contributed by atoms with Crippen LogP contribution >= 0.6 is 0 Å². The van der Waals surface area contributed by atoms with E-state index in [1.165, 1.54) is 0 Å². The molecular formula is C19H15NO. The van der Waals surface area contributed by atoms with Gasteiger partial charge in [0.15, 0.2) is 0 Å². The molecule has 0 unspecified atom stereocenters. The largest absolute Gasteiger partial charge is 0.457 e. The van der Waals surface area contributed by atoms with Crippen molar-refractivity contribution in [2.24, 2.45) is 0 Å². The molecule has 3 aromatic carbocycles. The third kappa shape index (κ3) is 5.22. The molecule has 0 radical (unpaired) electrons. The maximum atomic E-state index is 8.29. The first-order valence-corrected chi connectivity index (χ1v) is 6.61. The Hall–Kier alpha value is -3.05. The van der Waals surface area contributed by atoms with Gasteiger partial charge in [-0.2, -0.15) is 5.26 Å². The van der Waals surface area contributed by atoms with Gasteiger partial charge in [-0.3, -0.25) is 0 Å². The smallest absolute Gasteiger partial charge is 0.127 e. The fraction of sp³-hybridized carbons (Fsp3) is 0. The lowest BCUT2D eigenvalue weighted by Crippen LogP contribution is -1.81. The normalized spacial score (nSPS) is 8.90. The number of para-hydroxylation sites is 2. The summed E-state index contributed by atoms with van der Waals surface area (Å²) in [5, 5.41) is 8.29. The lowest BCUT2D eigenvalue weighted by atomic mass is 10.2. The highest BCUT2D eigenvalue weighted by atomic mass is 16.5. The van der Waals surface area contributed by atoms with Crippen LogP contribution in [0.3, 0.4) is 0 Å². The Bertz CT molecular complexity index is 636. The Kier molecular flexibility index (Phi) is 5.60. The molecule has 0 saturated heterocycles. The summed E-state index contributed by atoms with van der Waals surface area (Å²) in [5.41, 5.74) is 0.715. The molecule has 0 spiro atoms. The summed E-state index contributed by atoms with van der Waals surface area (Å²) in [6.45, 7) is 0. The maximum Gasteiger partial charge on any atom is 0.127 e. The summed E-state index contributed by atoms with van der Waals surface area (Å²) in [7, 11) is 0. The summed E-state index contributed by atoms with van der Waals surface area (Å²) in [5.74, 6) is 1.74. The summed E-state index contributed by atoms with van der Waals surface area (Å²) in [6, 6.07) is 30.7. The standard InChI is InChI=1S/C12H10O.C7H5N/c1-3-7-11(8-4-1)13-12-9-5-2-6-10-12;8-6-7-4-2-1-3-5-7/h1-10H;1-5H. The van der Waals surface area contributed by atoms with Gasteiger partial charge < -0.3 is 4.74 Å². The van der Waals surface area contributed by atoms with Crippen LogP contribution in [-0.2, 0) is 0 Å². The number of ether oxygens (including phenoxy) is 1. The van der Waals surface area contributed by atoms with Crippen LogP contribution in [0.1, 0.15) is 5.56 Å². The molecule has 2 heteroatoms. The van der Waals surface area contributed by atoms with Crippen molar-refractivity contribution >= 4 is 0 Å². The average molecular weight is 273 g/mol. The summed E-state index contributed by atoms with van der Waals surface area (Å²) < 4.78 is 5.58. The van der Waals surface area contributed by atoms with Crippen molar-refractivity contribution in [2.75, 3.05) is 0 Å². The predicted molar refractivity (Wildman–Crippen MR) is 84.1 cm³/mol. The summed E-state index contributed by atoms with van der Waals surface area (Å²) in [4.78, 5) is 0. The summed E-state index contributed by atoms with van der Waals surface area (Å²) >= 11 is 0. The molecule has 0 amide bonds. The van der Waals surface area contributed by atoms with Gasteiger partial charge in [0.25, 0.3) is 0 Å². The van der Waals surface area contributed by atoms with Crippen LogP contribution in [0.25, 0.3) is 0 Å². The van der Waals surface area contributed by atoms with Crippen molar-refractivity contribution in [1.82, 2.24) is 0 Å².